The van der Waals surface area contributed by atoms with Gasteiger partial charge in [-0.3, -0.25) is 4.79 Å². The topological polar surface area (TPSA) is 106 Å². The quantitative estimate of drug-likeness (QED) is 0.716. The zero-order chi connectivity index (χ0) is 18.2. The van der Waals surface area contributed by atoms with Gasteiger partial charge in [-0.2, -0.15) is 23.7 Å². The van der Waals surface area contributed by atoms with E-state index in [0.717, 1.165) is 6.07 Å². The molecule has 0 atom stereocenters. The van der Waals surface area contributed by atoms with Crippen LogP contribution in [0, 0.1) is 28.5 Å². The summed E-state index contributed by atoms with van der Waals surface area (Å²) in [7, 11) is 0. The summed E-state index contributed by atoms with van der Waals surface area (Å²) < 4.78 is 53.9. The van der Waals surface area contributed by atoms with Crippen LogP contribution in [0.5, 0.6) is 0 Å². The molecule has 2 rings (SSSR count). The summed E-state index contributed by atoms with van der Waals surface area (Å²) in [5.74, 6) is -1.94. The molecule has 122 valence electrons. The van der Waals surface area contributed by atoms with Crippen molar-refractivity contribution in [2.75, 3.05) is 5.73 Å². The molecular weight excluding hydrogens is 396 g/mol. The number of anilines is 1. The molecule has 1 aromatic carbocycles. The molecule has 0 aliphatic heterocycles. The molecule has 0 saturated carbocycles. The van der Waals surface area contributed by atoms with Crippen molar-refractivity contribution in [1.29, 1.82) is 10.5 Å². The molecule has 0 amide bonds. The number of pyridine rings is 1. The minimum Gasteiger partial charge on any atom is -0.384 e. The monoisotopic (exact) mass is 400 g/mol. The highest BCUT2D eigenvalue weighted by Crippen LogP contribution is 2.42. The molecule has 1 heterocycles. The second kappa shape index (κ2) is 5.98. The van der Waals surface area contributed by atoms with E-state index in [2.05, 4.69) is 15.9 Å². The zero-order valence-electron chi connectivity index (χ0n) is 11.4. The van der Waals surface area contributed by atoms with E-state index in [4.69, 9.17) is 16.3 Å². The van der Waals surface area contributed by atoms with Crippen LogP contribution in [0.1, 0.15) is 16.7 Å². The fraction of sp³-hybridized carbons (Fsp3) is 0.0714. The minimum absolute atomic E-state index is 0.336. The number of halogens is 5. The predicted octanol–water partition coefficient (Wildman–Crippen LogP) is 3.29. The maximum absolute atomic E-state index is 14.5. The lowest BCUT2D eigenvalue weighted by molar-refractivity contribution is -0.137. The van der Waals surface area contributed by atoms with E-state index in [1.54, 1.807) is 0 Å². The Morgan fingerprint density at radius 1 is 1.12 bits per heavy atom. The highest BCUT2D eigenvalue weighted by molar-refractivity contribution is 9.10. The van der Waals surface area contributed by atoms with E-state index in [-0.39, 0.29) is 4.47 Å². The van der Waals surface area contributed by atoms with Crippen molar-refractivity contribution in [3.8, 4) is 23.3 Å². The second-order valence-corrected chi connectivity index (χ2v) is 5.35. The van der Waals surface area contributed by atoms with Crippen LogP contribution in [0.25, 0.3) is 11.1 Å². The van der Waals surface area contributed by atoms with E-state index in [1.807, 2.05) is 4.98 Å². The van der Waals surface area contributed by atoms with Crippen LogP contribution < -0.4 is 11.3 Å². The molecule has 0 saturated heterocycles. The Kier molecular flexibility index (Phi) is 4.36. The van der Waals surface area contributed by atoms with Crippen molar-refractivity contribution in [2.24, 2.45) is 0 Å². The highest BCUT2D eigenvalue weighted by atomic mass is 79.9. The molecule has 0 aliphatic carbocycles. The van der Waals surface area contributed by atoms with Gasteiger partial charge in [-0.1, -0.05) is 0 Å². The van der Waals surface area contributed by atoms with E-state index in [9.17, 15) is 22.4 Å². The van der Waals surface area contributed by atoms with E-state index in [0.29, 0.717) is 6.07 Å². The summed E-state index contributed by atoms with van der Waals surface area (Å²) in [5.41, 5.74) is -0.502. The smallest absolute Gasteiger partial charge is 0.384 e. The SMILES string of the molecule is N#Cc1c(N)[nH]c(=O)c(C#N)c1-c1c(C(F)(F)F)ccc(Br)c1F. The Labute approximate surface area is 140 Å². The maximum Gasteiger partial charge on any atom is 0.417 e. The summed E-state index contributed by atoms with van der Waals surface area (Å²) >= 11 is 2.75. The molecule has 24 heavy (non-hydrogen) atoms. The molecule has 2 aromatic rings. The second-order valence-electron chi connectivity index (χ2n) is 4.50. The van der Waals surface area contributed by atoms with Gasteiger partial charge in [0.2, 0.25) is 0 Å². The number of hydrogen-bond acceptors (Lipinski definition) is 4. The van der Waals surface area contributed by atoms with Gasteiger partial charge in [0.05, 0.1) is 10.0 Å². The van der Waals surface area contributed by atoms with Crippen LogP contribution in [0.4, 0.5) is 23.4 Å². The Morgan fingerprint density at radius 2 is 1.71 bits per heavy atom. The molecular formula is C14H5BrF4N4O. The molecule has 0 bridgehead atoms. The summed E-state index contributed by atoms with van der Waals surface area (Å²) in [5, 5.41) is 18.2. The van der Waals surface area contributed by atoms with Crippen molar-refractivity contribution in [1.82, 2.24) is 4.98 Å². The Bertz CT molecular complexity index is 983. The summed E-state index contributed by atoms with van der Waals surface area (Å²) in [4.78, 5) is 13.8. The number of H-pyrrole nitrogens is 1. The first-order chi connectivity index (χ1) is 11.1. The number of hydrogen-bond donors (Lipinski definition) is 2. The standard InChI is InChI=1S/C14H5BrF4N4O/c15-8-2-1-7(14(17,18)19)10(11(8)16)9-5(3-20)12(22)23-13(24)6(9)4-21/h1-2H,(H3,22,23,24). The maximum atomic E-state index is 14.5. The predicted molar refractivity (Wildman–Crippen MR) is 79.0 cm³/mol. The number of nitriles is 2. The summed E-state index contributed by atoms with van der Waals surface area (Å²) in [6.45, 7) is 0. The lowest BCUT2D eigenvalue weighted by Gasteiger charge is -2.17. The number of nitrogens with one attached hydrogen (secondary N) is 1. The summed E-state index contributed by atoms with van der Waals surface area (Å²) in [6, 6.07) is 4.29. The largest absolute Gasteiger partial charge is 0.417 e. The lowest BCUT2D eigenvalue weighted by Crippen LogP contribution is -2.18. The fourth-order valence-corrected chi connectivity index (χ4v) is 2.46. The van der Waals surface area contributed by atoms with Crippen molar-refractivity contribution in [2.45, 2.75) is 6.18 Å². The number of alkyl halides is 3. The molecule has 10 heteroatoms. The molecule has 1 aromatic heterocycles. The number of rotatable bonds is 1. The van der Waals surface area contributed by atoms with Crippen molar-refractivity contribution >= 4 is 21.7 Å². The number of aromatic nitrogens is 1. The van der Waals surface area contributed by atoms with Gasteiger partial charge in [0.1, 0.15) is 34.9 Å². The average molecular weight is 401 g/mol. The van der Waals surface area contributed by atoms with E-state index < -0.39 is 51.2 Å². The molecule has 0 radical (unpaired) electrons. The molecule has 0 fully saturated rings. The van der Waals surface area contributed by atoms with Crippen LogP contribution in [0.3, 0.4) is 0 Å². The van der Waals surface area contributed by atoms with Crippen molar-refractivity contribution in [3.63, 3.8) is 0 Å². The average Bonchev–Trinajstić information content (AvgIpc) is 2.48. The van der Waals surface area contributed by atoms with Crippen LogP contribution >= 0.6 is 15.9 Å². The number of aromatic amines is 1. The minimum atomic E-state index is -4.99. The van der Waals surface area contributed by atoms with Crippen molar-refractivity contribution < 1.29 is 17.6 Å². The van der Waals surface area contributed by atoms with Gasteiger partial charge in [-0.25, -0.2) is 4.39 Å². The number of benzene rings is 1. The van der Waals surface area contributed by atoms with Gasteiger partial charge in [0.25, 0.3) is 5.56 Å². The Balaban J connectivity index is 3.15. The number of nitrogens with zero attached hydrogens (tertiary/aromatic N) is 2. The van der Waals surface area contributed by atoms with Crippen LogP contribution in [0.2, 0.25) is 0 Å². The molecule has 0 spiro atoms. The van der Waals surface area contributed by atoms with Gasteiger partial charge < -0.3 is 10.7 Å². The van der Waals surface area contributed by atoms with E-state index in [1.165, 1.54) is 12.1 Å². The highest BCUT2D eigenvalue weighted by Gasteiger charge is 2.37. The first kappa shape index (κ1) is 17.5. The van der Waals surface area contributed by atoms with Crippen LogP contribution in [0.15, 0.2) is 21.4 Å². The fourth-order valence-electron chi connectivity index (χ4n) is 2.12. The Hall–Kier alpha value is -2.85. The third-order valence-electron chi connectivity index (χ3n) is 3.12. The molecule has 0 aliphatic rings. The molecule has 0 unspecified atom stereocenters. The number of nitrogens with two attached hydrogens (primary N) is 1. The van der Waals surface area contributed by atoms with Gasteiger partial charge in [-0.15, -0.1) is 0 Å². The van der Waals surface area contributed by atoms with Crippen LogP contribution in [-0.4, -0.2) is 4.98 Å². The van der Waals surface area contributed by atoms with Gasteiger partial charge in [0.15, 0.2) is 0 Å². The van der Waals surface area contributed by atoms with Gasteiger partial charge >= 0.3 is 6.18 Å². The first-order valence-electron chi connectivity index (χ1n) is 6.05. The van der Waals surface area contributed by atoms with Gasteiger partial charge in [0, 0.05) is 11.1 Å². The lowest BCUT2D eigenvalue weighted by atomic mass is 9.92. The first-order valence-corrected chi connectivity index (χ1v) is 6.84. The normalized spacial score (nSPS) is 11.0. The third-order valence-corrected chi connectivity index (χ3v) is 3.73. The molecule has 5 nitrogen and oxygen atoms in total. The Morgan fingerprint density at radius 3 is 2.21 bits per heavy atom. The zero-order valence-corrected chi connectivity index (χ0v) is 13.0. The summed E-state index contributed by atoms with van der Waals surface area (Å²) in [6.07, 6.45) is -4.99. The van der Waals surface area contributed by atoms with Gasteiger partial charge in [-0.05, 0) is 28.1 Å². The van der Waals surface area contributed by atoms with Crippen LogP contribution in [-0.2, 0) is 6.18 Å². The number of nitrogen functional groups attached to an aromatic ring is 1. The third kappa shape index (κ3) is 2.72. The van der Waals surface area contributed by atoms with Crippen molar-refractivity contribution in [3.05, 3.63) is 49.5 Å². The molecule has 3 N–H and O–H groups in total. The van der Waals surface area contributed by atoms with E-state index >= 15 is 0 Å².